The first-order chi connectivity index (χ1) is 8.29. The van der Waals surface area contributed by atoms with Crippen molar-refractivity contribution >= 4 is 5.69 Å². The summed E-state index contributed by atoms with van der Waals surface area (Å²) < 4.78 is 0. The van der Waals surface area contributed by atoms with Crippen LogP contribution in [0.1, 0.15) is 18.5 Å². The predicted octanol–water partition coefficient (Wildman–Crippen LogP) is 1.39. The molecule has 1 aliphatic heterocycles. The second kappa shape index (κ2) is 5.65. The Morgan fingerprint density at radius 3 is 2.82 bits per heavy atom. The Balaban J connectivity index is 1.94. The highest BCUT2D eigenvalue weighted by Gasteiger charge is 2.15. The highest BCUT2D eigenvalue weighted by molar-refractivity contribution is 5.45. The number of hydrogen-bond donors (Lipinski definition) is 1. The SMILES string of the molecule is CN(CC1CCNCC1)c1ccc(C#N)nc1. The number of nitrogens with one attached hydrogen (secondary N) is 1. The molecule has 0 aliphatic carbocycles. The number of hydrogen-bond acceptors (Lipinski definition) is 4. The first-order valence-corrected chi connectivity index (χ1v) is 6.07. The van der Waals surface area contributed by atoms with Gasteiger partial charge in [0.2, 0.25) is 0 Å². The molecule has 0 amide bonds. The summed E-state index contributed by atoms with van der Waals surface area (Å²) in [6, 6.07) is 5.77. The Morgan fingerprint density at radius 1 is 1.47 bits per heavy atom. The molecule has 1 aliphatic rings. The molecule has 17 heavy (non-hydrogen) atoms. The zero-order valence-corrected chi connectivity index (χ0v) is 10.2. The van der Waals surface area contributed by atoms with Crippen LogP contribution in [-0.4, -0.2) is 31.7 Å². The summed E-state index contributed by atoms with van der Waals surface area (Å²) in [7, 11) is 2.09. The van der Waals surface area contributed by atoms with Crippen molar-refractivity contribution in [1.29, 1.82) is 5.26 Å². The van der Waals surface area contributed by atoms with Gasteiger partial charge >= 0.3 is 0 Å². The van der Waals surface area contributed by atoms with Gasteiger partial charge in [0.25, 0.3) is 0 Å². The number of anilines is 1. The van der Waals surface area contributed by atoms with Crippen molar-refractivity contribution in [3.8, 4) is 6.07 Å². The summed E-state index contributed by atoms with van der Waals surface area (Å²) in [5.41, 5.74) is 1.56. The summed E-state index contributed by atoms with van der Waals surface area (Å²) >= 11 is 0. The molecule has 0 spiro atoms. The third-order valence-electron chi connectivity index (χ3n) is 3.29. The molecule has 2 heterocycles. The minimum atomic E-state index is 0.476. The fourth-order valence-electron chi connectivity index (χ4n) is 2.23. The summed E-state index contributed by atoms with van der Waals surface area (Å²) in [4.78, 5) is 6.32. The molecule has 1 saturated heterocycles. The first kappa shape index (κ1) is 11.9. The number of pyridine rings is 1. The smallest absolute Gasteiger partial charge is 0.140 e. The van der Waals surface area contributed by atoms with Crippen LogP contribution in [0.3, 0.4) is 0 Å². The molecule has 0 bridgehead atoms. The van der Waals surface area contributed by atoms with Crippen LogP contribution in [0.2, 0.25) is 0 Å². The zero-order valence-electron chi connectivity index (χ0n) is 10.2. The topological polar surface area (TPSA) is 52.0 Å². The van der Waals surface area contributed by atoms with Crippen molar-refractivity contribution in [2.75, 3.05) is 31.6 Å². The molecule has 0 aromatic carbocycles. The van der Waals surface area contributed by atoms with E-state index in [2.05, 4.69) is 22.2 Å². The van der Waals surface area contributed by atoms with Crippen LogP contribution in [0.15, 0.2) is 18.3 Å². The van der Waals surface area contributed by atoms with Crippen LogP contribution in [0.5, 0.6) is 0 Å². The van der Waals surface area contributed by atoms with Crippen LogP contribution < -0.4 is 10.2 Å². The zero-order chi connectivity index (χ0) is 12.1. The number of nitriles is 1. The van der Waals surface area contributed by atoms with E-state index in [0.717, 1.165) is 31.2 Å². The molecule has 1 aromatic rings. The van der Waals surface area contributed by atoms with Gasteiger partial charge in [-0.25, -0.2) is 4.98 Å². The van der Waals surface area contributed by atoms with E-state index >= 15 is 0 Å². The molecule has 2 rings (SSSR count). The molecule has 4 heteroatoms. The molecular formula is C13H18N4. The van der Waals surface area contributed by atoms with E-state index in [0.29, 0.717) is 5.69 Å². The number of aromatic nitrogens is 1. The van der Waals surface area contributed by atoms with Gasteiger partial charge in [-0.2, -0.15) is 5.26 Å². The van der Waals surface area contributed by atoms with E-state index in [-0.39, 0.29) is 0 Å². The van der Waals surface area contributed by atoms with Gasteiger partial charge in [-0.1, -0.05) is 0 Å². The Labute approximate surface area is 102 Å². The summed E-state index contributed by atoms with van der Waals surface area (Å²) in [5, 5.41) is 12.1. The highest BCUT2D eigenvalue weighted by atomic mass is 15.1. The number of piperidine rings is 1. The molecule has 4 nitrogen and oxygen atoms in total. The van der Waals surface area contributed by atoms with Gasteiger partial charge in [0.15, 0.2) is 0 Å². The standard InChI is InChI=1S/C13H18N4/c1-17(10-11-4-6-15-7-5-11)13-3-2-12(8-14)16-9-13/h2-3,9,11,15H,4-7,10H2,1H3. The van der Waals surface area contributed by atoms with E-state index in [1.807, 2.05) is 12.1 Å². The van der Waals surface area contributed by atoms with Gasteiger partial charge < -0.3 is 10.2 Å². The van der Waals surface area contributed by atoms with Crippen LogP contribution in [0, 0.1) is 17.2 Å². The highest BCUT2D eigenvalue weighted by Crippen LogP contribution is 2.17. The molecule has 0 radical (unpaired) electrons. The van der Waals surface area contributed by atoms with Crippen LogP contribution >= 0.6 is 0 Å². The Bertz CT molecular complexity index is 387. The molecule has 0 saturated carbocycles. The third-order valence-corrected chi connectivity index (χ3v) is 3.29. The molecular weight excluding hydrogens is 212 g/mol. The van der Waals surface area contributed by atoms with Crippen molar-refractivity contribution in [2.24, 2.45) is 5.92 Å². The van der Waals surface area contributed by atoms with Gasteiger partial charge in [0, 0.05) is 13.6 Å². The van der Waals surface area contributed by atoms with Gasteiger partial charge in [-0.05, 0) is 44.0 Å². The minimum absolute atomic E-state index is 0.476. The van der Waals surface area contributed by atoms with Gasteiger partial charge in [-0.3, -0.25) is 0 Å². The second-order valence-electron chi connectivity index (χ2n) is 4.59. The van der Waals surface area contributed by atoms with Crippen LogP contribution in [0.25, 0.3) is 0 Å². The van der Waals surface area contributed by atoms with Crippen molar-refractivity contribution in [1.82, 2.24) is 10.3 Å². The number of nitrogens with zero attached hydrogens (tertiary/aromatic N) is 3. The largest absolute Gasteiger partial charge is 0.373 e. The lowest BCUT2D eigenvalue weighted by atomic mass is 9.97. The lowest BCUT2D eigenvalue weighted by Crippen LogP contribution is -2.34. The fourth-order valence-corrected chi connectivity index (χ4v) is 2.23. The summed E-state index contributed by atoms with van der Waals surface area (Å²) in [6.45, 7) is 3.32. The van der Waals surface area contributed by atoms with E-state index in [1.165, 1.54) is 12.8 Å². The van der Waals surface area contributed by atoms with Crippen molar-refractivity contribution in [2.45, 2.75) is 12.8 Å². The molecule has 0 atom stereocenters. The fraction of sp³-hybridized carbons (Fsp3) is 0.538. The summed E-state index contributed by atoms with van der Waals surface area (Å²) in [6.07, 6.45) is 4.27. The quantitative estimate of drug-likeness (QED) is 0.852. The molecule has 1 fully saturated rings. The monoisotopic (exact) mass is 230 g/mol. The molecule has 1 N–H and O–H groups in total. The molecule has 0 unspecified atom stereocenters. The lowest BCUT2D eigenvalue weighted by Gasteiger charge is -2.28. The Hall–Kier alpha value is -1.60. The van der Waals surface area contributed by atoms with Gasteiger partial charge in [-0.15, -0.1) is 0 Å². The molecule has 90 valence electrons. The Morgan fingerprint density at radius 2 is 2.24 bits per heavy atom. The van der Waals surface area contributed by atoms with Crippen LogP contribution in [0.4, 0.5) is 5.69 Å². The average molecular weight is 230 g/mol. The van der Waals surface area contributed by atoms with Crippen molar-refractivity contribution in [3.05, 3.63) is 24.0 Å². The maximum Gasteiger partial charge on any atom is 0.140 e. The maximum atomic E-state index is 8.70. The maximum absolute atomic E-state index is 8.70. The van der Waals surface area contributed by atoms with E-state index in [9.17, 15) is 0 Å². The first-order valence-electron chi connectivity index (χ1n) is 6.07. The number of rotatable bonds is 3. The lowest BCUT2D eigenvalue weighted by molar-refractivity contribution is 0.378. The Kier molecular flexibility index (Phi) is 3.94. The summed E-state index contributed by atoms with van der Waals surface area (Å²) in [5.74, 6) is 0.761. The second-order valence-corrected chi connectivity index (χ2v) is 4.59. The van der Waals surface area contributed by atoms with E-state index in [1.54, 1.807) is 12.3 Å². The van der Waals surface area contributed by atoms with Gasteiger partial charge in [0.1, 0.15) is 11.8 Å². The normalized spacial score (nSPS) is 16.5. The minimum Gasteiger partial charge on any atom is -0.373 e. The van der Waals surface area contributed by atoms with Crippen molar-refractivity contribution < 1.29 is 0 Å². The predicted molar refractivity (Wildman–Crippen MR) is 67.8 cm³/mol. The molecule has 1 aromatic heterocycles. The van der Waals surface area contributed by atoms with Crippen LogP contribution in [-0.2, 0) is 0 Å². The average Bonchev–Trinajstić information content (AvgIpc) is 2.40. The van der Waals surface area contributed by atoms with Gasteiger partial charge in [0.05, 0.1) is 11.9 Å². The van der Waals surface area contributed by atoms with E-state index in [4.69, 9.17) is 5.26 Å². The van der Waals surface area contributed by atoms with E-state index < -0.39 is 0 Å². The van der Waals surface area contributed by atoms with Crippen molar-refractivity contribution in [3.63, 3.8) is 0 Å². The third kappa shape index (κ3) is 3.18.